The van der Waals surface area contributed by atoms with E-state index in [-0.39, 0.29) is 29.6 Å². The van der Waals surface area contributed by atoms with Gasteiger partial charge in [-0.25, -0.2) is 0 Å². The maximum atomic E-state index is 8.74. The fraction of sp³-hybridized carbons (Fsp3) is 1.00. The van der Waals surface area contributed by atoms with Gasteiger partial charge in [0.05, 0.1) is 0 Å². The predicted molar refractivity (Wildman–Crippen MR) is 43.3 cm³/mol. The molecule has 0 saturated carbocycles. The first-order chi connectivity index (χ1) is 4.41. The second-order valence-electron chi connectivity index (χ2n) is 1.52. The van der Waals surface area contributed by atoms with E-state index in [2.05, 4.69) is 6.92 Å². The number of hydrogen-bond acceptors (Lipinski definition) is 3. The quantitative estimate of drug-likeness (QED) is 0.408. The Balaban J connectivity index is -0.000000107. The first kappa shape index (κ1) is 17.8. The first-order valence-corrected chi connectivity index (χ1v) is 4.12. The van der Waals surface area contributed by atoms with Crippen LogP contribution in [0.2, 0.25) is 0 Å². The molecule has 11 heavy (non-hydrogen) atoms. The zero-order chi connectivity index (χ0) is 8.62. The van der Waals surface area contributed by atoms with Gasteiger partial charge < -0.3 is 5.11 Å². The van der Waals surface area contributed by atoms with Gasteiger partial charge in [0.25, 0.3) is 0 Å². The molecular weight excluding hydrogens is 183 g/mol. The van der Waals surface area contributed by atoms with Gasteiger partial charge in [-0.1, -0.05) is 13.3 Å². The van der Waals surface area contributed by atoms with Crippen LogP contribution in [0.5, 0.6) is 0 Å². The third-order valence-electron chi connectivity index (χ3n) is 0.512. The van der Waals surface area contributed by atoms with Crippen molar-refractivity contribution < 1.29 is 22.6 Å². The molecule has 66 valence electrons. The summed E-state index contributed by atoms with van der Waals surface area (Å²) in [5.74, 6) is 0. The van der Waals surface area contributed by atoms with E-state index >= 15 is 0 Å². The van der Waals surface area contributed by atoms with E-state index in [9.17, 15) is 0 Å². The van der Waals surface area contributed by atoms with Crippen molar-refractivity contribution in [2.45, 2.75) is 19.8 Å². The molecule has 0 saturated heterocycles. The molecule has 0 aromatic heterocycles. The molecule has 0 atom stereocenters. The van der Waals surface area contributed by atoms with E-state index in [0.29, 0.717) is 6.61 Å². The van der Waals surface area contributed by atoms with Crippen LogP contribution in [0.3, 0.4) is 0 Å². The van der Waals surface area contributed by atoms with Crippen LogP contribution in [0.25, 0.3) is 0 Å². The summed E-state index contributed by atoms with van der Waals surface area (Å²) in [4.78, 5) is 0. The molecule has 0 bridgehead atoms. The van der Waals surface area contributed by atoms with E-state index in [0.717, 1.165) is 12.8 Å². The molecule has 0 rings (SSSR count). The van der Waals surface area contributed by atoms with Crippen molar-refractivity contribution in [1.29, 1.82) is 0 Å². The van der Waals surface area contributed by atoms with Gasteiger partial charge in [0.2, 0.25) is 0 Å². The van der Waals surface area contributed by atoms with Gasteiger partial charge >= 0.3 is 40.0 Å². The van der Waals surface area contributed by atoms with Gasteiger partial charge in [-0.05, 0) is 6.42 Å². The Kier molecular flexibility index (Phi) is 17.5. The summed E-state index contributed by atoms with van der Waals surface area (Å²) in [7, 11) is -4.67. The van der Waals surface area contributed by atoms with Crippen molar-refractivity contribution >= 4 is 40.0 Å². The van der Waals surface area contributed by atoms with Crippen LogP contribution >= 0.6 is 0 Å². The molecule has 0 fully saturated rings. The molecule has 0 unspecified atom stereocenters. The van der Waals surface area contributed by atoms with Gasteiger partial charge in [-0.2, -0.15) is 8.42 Å². The minimum absolute atomic E-state index is 0. The molecule has 0 radical (unpaired) electrons. The Labute approximate surface area is 88.7 Å². The zero-order valence-corrected chi connectivity index (χ0v) is 6.50. The van der Waals surface area contributed by atoms with E-state index in [1.807, 2.05) is 0 Å². The topological polar surface area (TPSA) is 94.8 Å². The number of unbranched alkanes of at least 4 members (excludes halogenated alkanes) is 1. The van der Waals surface area contributed by atoms with Crippen molar-refractivity contribution in [3.05, 3.63) is 0 Å². The molecule has 0 aliphatic rings. The SMILES string of the molecule is CCCCO.O=S(=O)(O)O.[NaH]. The molecule has 0 aliphatic heterocycles. The predicted octanol–water partition coefficient (Wildman–Crippen LogP) is -0.522. The molecule has 0 aromatic carbocycles. The monoisotopic (exact) mass is 196 g/mol. The van der Waals surface area contributed by atoms with Gasteiger partial charge in [0, 0.05) is 6.61 Å². The third-order valence-corrected chi connectivity index (χ3v) is 0.512. The van der Waals surface area contributed by atoms with Crippen LogP contribution in [0.15, 0.2) is 0 Å². The second-order valence-corrected chi connectivity index (χ2v) is 2.42. The fourth-order valence-corrected chi connectivity index (χ4v) is 0.158. The van der Waals surface area contributed by atoms with Crippen molar-refractivity contribution in [3.63, 3.8) is 0 Å². The summed E-state index contributed by atoms with van der Waals surface area (Å²) >= 11 is 0. The third kappa shape index (κ3) is 105. The Morgan fingerprint density at radius 1 is 1.27 bits per heavy atom. The minimum atomic E-state index is -4.67. The van der Waals surface area contributed by atoms with Crippen LogP contribution in [0, 0.1) is 0 Å². The molecule has 7 heteroatoms. The standard InChI is InChI=1S/C4H10O.Na.H2O4S.H/c1-2-3-4-5;;1-5(2,3)4;/h5H,2-4H2,1H3;;(H2,1,2,3,4);. The van der Waals surface area contributed by atoms with Crippen molar-refractivity contribution in [1.82, 2.24) is 0 Å². The average Bonchev–Trinajstić information content (AvgIpc) is 1.63. The molecule has 0 heterocycles. The van der Waals surface area contributed by atoms with Gasteiger partial charge in [-0.15, -0.1) is 0 Å². The molecule has 5 nitrogen and oxygen atoms in total. The molecule has 3 N–H and O–H groups in total. The molecule has 0 aromatic rings. The summed E-state index contributed by atoms with van der Waals surface area (Å²) in [6.07, 6.45) is 2.04. The van der Waals surface area contributed by atoms with Gasteiger partial charge in [-0.3, -0.25) is 9.11 Å². The number of aliphatic hydroxyl groups is 1. The van der Waals surface area contributed by atoms with Gasteiger partial charge in [0.15, 0.2) is 0 Å². The van der Waals surface area contributed by atoms with E-state index in [1.54, 1.807) is 0 Å². The molecule has 0 amide bonds. The van der Waals surface area contributed by atoms with Crippen LogP contribution in [-0.4, -0.2) is 58.8 Å². The Morgan fingerprint density at radius 3 is 1.55 bits per heavy atom. The van der Waals surface area contributed by atoms with Crippen LogP contribution in [0.1, 0.15) is 19.8 Å². The summed E-state index contributed by atoms with van der Waals surface area (Å²) in [5, 5.41) is 8.07. The summed E-state index contributed by atoms with van der Waals surface area (Å²) in [5.41, 5.74) is 0. The molecular formula is C4H13NaO5S. The fourth-order valence-electron chi connectivity index (χ4n) is 0.158. The molecule has 0 aliphatic carbocycles. The van der Waals surface area contributed by atoms with E-state index in [1.165, 1.54) is 0 Å². The van der Waals surface area contributed by atoms with Crippen molar-refractivity contribution in [2.75, 3.05) is 6.61 Å². The van der Waals surface area contributed by atoms with E-state index in [4.69, 9.17) is 22.6 Å². The Bertz CT molecular complexity index is 133. The summed E-state index contributed by atoms with van der Waals surface area (Å²) in [6, 6.07) is 0. The van der Waals surface area contributed by atoms with E-state index < -0.39 is 10.4 Å². The average molecular weight is 196 g/mol. The molecule has 0 spiro atoms. The van der Waals surface area contributed by atoms with Gasteiger partial charge in [0.1, 0.15) is 0 Å². The number of aliphatic hydroxyl groups excluding tert-OH is 1. The van der Waals surface area contributed by atoms with Crippen LogP contribution in [0.4, 0.5) is 0 Å². The number of rotatable bonds is 2. The van der Waals surface area contributed by atoms with Crippen LogP contribution in [-0.2, 0) is 10.4 Å². The van der Waals surface area contributed by atoms with Crippen molar-refractivity contribution in [2.24, 2.45) is 0 Å². The number of hydrogen-bond donors (Lipinski definition) is 3. The van der Waals surface area contributed by atoms with Crippen molar-refractivity contribution in [3.8, 4) is 0 Å². The summed E-state index contributed by atoms with van der Waals surface area (Å²) < 4.78 is 31.6. The second kappa shape index (κ2) is 10.8. The van der Waals surface area contributed by atoms with Crippen LogP contribution < -0.4 is 0 Å². The maximum absolute atomic E-state index is 8.74. The Morgan fingerprint density at radius 2 is 1.55 bits per heavy atom. The first-order valence-electron chi connectivity index (χ1n) is 2.72. The Hall–Kier alpha value is 0.830. The zero-order valence-electron chi connectivity index (χ0n) is 5.69. The normalized spacial score (nSPS) is 9.09. The summed E-state index contributed by atoms with van der Waals surface area (Å²) in [6.45, 7) is 2.40.